The van der Waals surface area contributed by atoms with Crippen LogP contribution < -0.4 is 4.90 Å². The van der Waals surface area contributed by atoms with Gasteiger partial charge in [0, 0.05) is 38.2 Å². The average molecular weight is 407 g/mol. The van der Waals surface area contributed by atoms with Gasteiger partial charge in [-0.2, -0.15) is 4.31 Å². The summed E-state index contributed by atoms with van der Waals surface area (Å²) >= 11 is 0. The minimum atomic E-state index is -3.19. The molecular formula is C20H27FN4O2S. The molecule has 1 aliphatic heterocycles. The van der Waals surface area contributed by atoms with Crippen LogP contribution >= 0.6 is 0 Å². The van der Waals surface area contributed by atoms with Crippen molar-refractivity contribution in [3.8, 4) is 0 Å². The SMILES string of the molecule is Cc1nc(C(C)C)c(Cc2ccc(F)cc2)c(N2CCN(S(C)(=O)=O)CC2)n1. The van der Waals surface area contributed by atoms with Crippen molar-refractivity contribution in [2.24, 2.45) is 0 Å². The molecule has 0 atom stereocenters. The highest BCUT2D eigenvalue weighted by Gasteiger charge is 2.27. The largest absolute Gasteiger partial charge is 0.354 e. The van der Waals surface area contributed by atoms with Crippen LogP contribution in [0.5, 0.6) is 0 Å². The van der Waals surface area contributed by atoms with Crippen molar-refractivity contribution in [2.45, 2.75) is 33.1 Å². The zero-order valence-corrected chi connectivity index (χ0v) is 17.6. The van der Waals surface area contributed by atoms with Gasteiger partial charge < -0.3 is 4.90 Å². The average Bonchev–Trinajstić information content (AvgIpc) is 2.63. The molecule has 0 N–H and O–H groups in total. The van der Waals surface area contributed by atoms with Crippen molar-refractivity contribution in [2.75, 3.05) is 37.3 Å². The molecule has 0 aliphatic carbocycles. The smallest absolute Gasteiger partial charge is 0.211 e. The molecule has 3 rings (SSSR count). The van der Waals surface area contributed by atoms with E-state index in [2.05, 4.69) is 23.7 Å². The first-order chi connectivity index (χ1) is 13.1. The fourth-order valence-corrected chi connectivity index (χ4v) is 4.38. The quantitative estimate of drug-likeness (QED) is 0.764. The number of sulfonamides is 1. The van der Waals surface area contributed by atoms with Crippen molar-refractivity contribution in [3.63, 3.8) is 0 Å². The fraction of sp³-hybridized carbons (Fsp3) is 0.500. The Morgan fingerprint density at radius 2 is 1.68 bits per heavy atom. The van der Waals surface area contributed by atoms with Crippen LogP contribution in [0.25, 0.3) is 0 Å². The molecule has 6 nitrogen and oxygen atoms in total. The van der Waals surface area contributed by atoms with E-state index in [-0.39, 0.29) is 11.7 Å². The van der Waals surface area contributed by atoms with E-state index in [0.29, 0.717) is 38.4 Å². The predicted molar refractivity (Wildman–Crippen MR) is 109 cm³/mol. The standard InChI is InChI=1S/C20H27FN4O2S/c1-14(2)19-18(13-16-5-7-17(21)8-6-16)20(23-15(3)22-19)24-9-11-25(12-10-24)28(4,26)27/h5-8,14H,9-13H2,1-4H3. The van der Waals surface area contributed by atoms with Gasteiger partial charge in [0.1, 0.15) is 17.5 Å². The van der Waals surface area contributed by atoms with Gasteiger partial charge in [-0.1, -0.05) is 26.0 Å². The summed E-state index contributed by atoms with van der Waals surface area (Å²) < 4.78 is 38.4. The van der Waals surface area contributed by atoms with Crippen LogP contribution in [-0.4, -0.2) is 55.1 Å². The molecule has 0 saturated carbocycles. The maximum atomic E-state index is 13.3. The Bertz CT molecular complexity index is 937. The maximum absolute atomic E-state index is 13.3. The van der Waals surface area contributed by atoms with Crippen molar-refractivity contribution in [1.82, 2.24) is 14.3 Å². The Morgan fingerprint density at radius 1 is 1.07 bits per heavy atom. The number of hydrogen-bond acceptors (Lipinski definition) is 5. The van der Waals surface area contributed by atoms with Gasteiger partial charge in [0.15, 0.2) is 0 Å². The molecule has 2 aromatic rings. The molecule has 1 aromatic carbocycles. The Balaban J connectivity index is 1.97. The molecular weight excluding hydrogens is 379 g/mol. The summed E-state index contributed by atoms with van der Waals surface area (Å²) in [5.41, 5.74) is 3.00. The molecule has 0 bridgehead atoms. The topological polar surface area (TPSA) is 66.4 Å². The van der Waals surface area contributed by atoms with Gasteiger partial charge in [0.05, 0.1) is 11.9 Å². The van der Waals surface area contributed by atoms with Gasteiger partial charge in [-0.25, -0.2) is 22.8 Å². The first-order valence-electron chi connectivity index (χ1n) is 9.47. The summed E-state index contributed by atoms with van der Waals surface area (Å²) in [7, 11) is -3.19. The first-order valence-corrected chi connectivity index (χ1v) is 11.3. The van der Waals surface area contributed by atoms with Crippen LogP contribution in [0.2, 0.25) is 0 Å². The summed E-state index contributed by atoms with van der Waals surface area (Å²) in [5, 5.41) is 0. The van der Waals surface area contributed by atoms with E-state index in [1.54, 1.807) is 12.1 Å². The second-order valence-corrected chi connectivity index (χ2v) is 9.55. The van der Waals surface area contributed by atoms with Crippen molar-refractivity contribution >= 4 is 15.8 Å². The molecule has 2 heterocycles. The van der Waals surface area contributed by atoms with Gasteiger partial charge in [-0.05, 0) is 30.5 Å². The van der Waals surface area contributed by atoms with E-state index in [4.69, 9.17) is 4.98 Å². The molecule has 152 valence electrons. The van der Waals surface area contributed by atoms with E-state index < -0.39 is 10.0 Å². The molecule has 1 saturated heterocycles. The zero-order valence-electron chi connectivity index (χ0n) is 16.8. The highest BCUT2D eigenvalue weighted by molar-refractivity contribution is 7.88. The number of nitrogens with zero attached hydrogens (tertiary/aromatic N) is 4. The molecule has 1 aromatic heterocycles. The van der Waals surface area contributed by atoms with E-state index in [1.165, 1.54) is 22.7 Å². The van der Waals surface area contributed by atoms with Crippen LogP contribution in [-0.2, 0) is 16.4 Å². The molecule has 1 fully saturated rings. The number of hydrogen-bond donors (Lipinski definition) is 0. The summed E-state index contributed by atoms with van der Waals surface area (Å²) in [6.45, 7) is 8.12. The normalized spacial score (nSPS) is 16.0. The van der Waals surface area contributed by atoms with Crippen molar-refractivity contribution < 1.29 is 12.8 Å². The number of piperazine rings is 1. The molecule has 0 unspecified atom stereocenters. The predicted octanol–water partition coefficient (Wildman–Crippen LogP) is 2.72. The zero-order chi connectivity index (χ0) is 20.5. The van der Waals surface area contributed by atoms with Crippen LogP contribution in [0, 0.1) is 12.7 Å². The third-order valence-corrected chi connectivity index (χ3v) is 6.28. The summed E-state index contributed by atoms with van der Waals surface area (Å²) in [6.07, 6.45) is 1.85. The van der Waals surface area contributed by atoms with Crippen molar-refractivity contribution in [1.29, 1.82) is 0 Å². The van der Waals surface area contributed by atoms with Gasteiger partial charge in [-0.15, -0.1) is 0 Å². The monoisotopic (exact) mass is 406 g/mol. The third kappa shape index (κ3) is 4.67. The Labute approximate surface area is 166 Å². The van der Waals surface area contributed by atoms with Crippen molar-refractivity contribution in [3.05, 3.63) is 52.7 Å². The number of anilines is 1. The lowest BCUT2D eigenvalue weighted by Gasteiger charge is -2.35. The van der Waals surface area contributed by atoms with Gasteiger partial charge in [0.25, 0.3) is 0 Å². The van der Waals surface area contributed by atoms with Crippen LogP contribution in [0.4, 0.5) is 10.2 Å². The van der Waals surface area contributed by atoms with E-state index in [0.717, 1.165) is 22.6 Å². The van der Waals surface area contributed by atoms with E-state index in [1.807, 2.05) is 6.92 Å². The third-order valence-electron chi connectivity index (χ3n) is 4.98. The lowest BCUT2D eigenvalue weighted by molar-refractivity contribution is 0.386. The Morgan fingerprint density at radius 3 is 2.21 bits per heavy atom. The van der Waals surface area contributed by atoms with Gasteiger partial charge in [0.2, 0.25) is 10.0 Å². The van der Waals surface area contributed by atoms with Gasteiger partial charge >= 0.3 is 0 Å². The maximum Gasteiger partial charge on any atom is 0.211 e. The number of aryl methyl sites for hydroxylation is 1. The highest BCUT2D eigenvalue weighted by Crippen LogP contribution is 2.29. The fourth-order valence-electron chi connectivity index (χ4n) is 3.55. The molecule has 8 heteroatoms. The molecule has 0 spiro atoms. The second kappa shape index (κ2) is 8.13. The second-order valence-electron chi connectivity index (χ2n) is 7.57. The van der Waals surface area contributed by atoms with E-state index in [9.17, 15) is 12.8 Å². The Hall–Kier alpha value is -2.06. The number of halogens is 1. The lowest BCUT2D eigenvalue weighted by Crippen LogP contribution is -2.49. The lowest BCUT2D eigenvalue weighted by atomic mass is 9.97. The highest BCUT2D eigenvalue weighted by atomic mass is 32.2. The summed E-state index contributed by atoms with van der Waals surface area (Å²) in [4.78, 5) is 11.5. The van der Waals surface area contributed by atoms with E-state index >= 15 is 0 Å². The minimum Gasteiger partial charge on any atom is -0.354 e. The molecule has 0 radical (unpaired) electrons. The summed E-state index contributed by atoms with van der Waals surface area (Å²) in [6, 6.07) is 6.49. The van der Waals surface area contributed by atoms with Gasteiger partial charge in [-0.3, -0.25) is 0 Å². The van der Waals surface area contributed by atoms with Crippen LogP contribution in [0.3, 0.4) is 0 Å². The first kappa shape index (κ1) is 20.7. The molecule has 1 aliphatic rings. The molecule has 28 heavy (non-hydrogen) atoms. The number of aromatic nitrogens is 2. The number of rotatable bonds is 5. The summed E-state index contributed by atoms with van der Waals surface area (Å²) in [5.74, 6) is 1.51. The molecule has 0 amide bonds. The van der Waals surface area contributed by atoms with Crippen LogP contribution in [0.15, 0.2) is 24.3 Å². The van der Waals surface area contributed by atoms with Crippen LogP contribution in [0.1, 0.15) is 42.4 Å². The minimum absolute atomic E-state index is 0.216. The number of benzene rings is 1. The Kier molecular flexibility index (Phi) is 6.00.